The van der Waals surface area contributed by atoms with Gasteiger partial charge >= 0.3 is 0 Å². The maximum absolute atomic E-state index is 11.2. The Bertz CT molecular complexity index is 1490. The van der Waals surface area contributed by atoms with E-state index in [1.54, 1.807) is 97.9 Å². The monoisotopic (exact) mass is 628 g/mol. The molecule has 0 aromatic carbocycles. The van der Waals surface area contributed by atoms with Gasteiger partial charge in [0.05, 0.1) is 25.1 Å². The molecule has 0 radical (unpaired) electrons. The Morgan fingerprint density at radius 3 is 1.26 bits per heavy atom. The van der Waals surface area contributed by atoms with E-state index in [4.69, 9.17) is 17.7 Å². The van der Waals surface area contributed by atoms with Crippen LogP contribution in [0.3, 0.4) is 0 Å². The van der Waals surface area contributed by atoms with Crippen molar-refractivity contribution in [1.29, 1.82) is 0 Å². The Labute approximate surface area is 271 Å². The van der Waals surface area contributed by atoms with E-state index in [9.17, 15) is 19.2 Å². The van der Waals surface area contributed by atoms with Crippen LogP contribution in [-0.2, 0) is 19.2 Å². The van der Waals surface area contributed by atoms with Crippen LogP contribution in [0.5, 0.6) is 0 Å². The largest absolute Gasteiger partial charge is 0.465 e. The predicted molar refractivity (Wildman–Crippen MR) is 181 cm³/mol. The van der Waals surface area contributed by atoms with Gasteiger partial charge in [-0.2, -0.15) is 0 Å². The first-order valence-electron chi connectivity index (χ1n) is 15.0. The minimum atomic E-state index is 0.0244. The molecule has 46 heavy (non-hydrogen) atoms. The summed E-state index contributed by atoms with van der Waals surface area (Å²) in [5.41, 5.74) is 0. The molecule has 0 N–H and O–H groups in total. The lowest BCUT2D eigenvalue weighted by Gasteiger charge is -1.97. The molecule has 0 aliphatic rings. The highest BCUT2D eigenvalue weighted by molar-refractivity contribution is 5.95. The number of hydrogen-bond acceptors (Lipinski definition) is 8. The smallest absolute Gasteiger partial charge is 0.158 e. The molecule has 4 aromatic rings. The third-order valence-corrected chi connectivity index (χ3v) is 5.46. The molecule has 0 amide bonds. The zero-order valence-corrected chi connectivity index (χ0v) is 27.4. The van der Waals surface area contributed by atoms with Crippen molar-refractivity contribution >= 4 is 47.4 Å². The summed E-state index contributed by atoms with van der Waals surface area (Å²) in [6, 6.07) is 14.4. The summed E-state index contributed by atoms with van der Waals surface area (Å²) in [6.45, 7) is 11.1. The first kappa shape index (κ1) is 38.8. The van der Waals surface area contributed by atoms with Crippen LogP contribution in [0.25, 0.3) is 24.3 Å². The highest BCUT2D eigenvalue weighted by atomic mass is 16.3. The third-order valence-electron chi connectivity index (χ3n) is 5.46. The third kappa shape index (κ3) is 19.9. The lowest BCUT2D eigenvalue weighted by Crippen LogP contribution is -2.01. The predicted octanol–water partition coefficient (Wildman–Crippen LogP) is 9.58. The topological polar surface area (TPSA) is 121 Å². The van der Waals surface area contributed by atoms with E-state index in [0.717, 1.165) is 5.76 Å². The molecule has 244 valence electrons. The van der Waals surface area contributed by atoms with Gasteiger partial charge in [0, 0.05) is 18.8 Å². The Hall–Kier alpha value is -5.24. The van der Waals surface area contributed by atoms with E-state index >= 15 is 0 Å². The van der Waals surface area contributed by atoms with Gasteiger partial charge in [0.2, 0.25) is 0 Å². The lowest BCUT2D eigenvalue weighted by molar-refractivity contribution is -0.117. The first-order chi connectivity index (χ1) is 22.0. The summed E-state index contributed by atoms with van der Waals surface area (Å²) >= 11 is 0. The van der Waals surface area contributed by atoms with E-state index in [0.29, 0.717) is 36.0 Å². The number of carbonyl (C=O) groups excluding carboxylic acids is 4. The van der Waals surface area contributed by atoms with Crippen molar-refractivity contribution in [2.24, 2.45) is 11.8 Å². The fourth-order valence-electron chi connectivity index (χ4n) is 3.04. The van der Waals surface area contributed by atoms with Crippen molar-refractivity contribution in [2.45, 2.75) is 54.4 Å². The first-order valence-corrected chi connectivity index (χ1v) is 15.0. The molecular formula is C38H44O8. The molecule has 0 aliphatic carbocycles. The second-order valence-corrected chi connectivity index (χ2v) is 10.4. The van der Waals surface area contributed by atoms with Gasteiger partial charge < -0.3 is 17.7 Å². The minimum Gasteiger partial charge on any atom is -0.465 e. The van der Waals surface area contributed by atoms with Crippen molar-refractivity contribution in [2.75, 3.05) is 0 Å². The van der Waals surface area contributed by atoms with Crippen molar-refractivity contribution in [3.63, 3.8) is 0 Å². The number of hydrogen-bond donors (Lipinski definition) is 0. The van der Waals surface area contributed by atoms with Crippen LogP contribution in [-0.4, -0.2) is 23.1 Å². The van der Waals surface area contributed by atoms with E-state index in [1.165, 1.54) is 19.1 Å². The maximum Gasteiger partial charge on any atom is 0.158 e. The van der Waals surface area contributed by atoms with Gasteiger partial charge in [0.25, 0.3) is 0 Å². The quantitative estimate of drug-likeness (QED) is 0.142. The standard InChI is InChI=1S/C11H14O2.C10H12O2.C9H10O2.C8H8O2/c1-9(2)8-10(12)5-6-11-4-3-7-13-11;1-8(2)10(11)6-5-9-4-3-7-12-9;1-2-8(10)5-6-9-4-3-7-11-9;1-7(9)4-5-8-3-2-6-10-8/h3-7,9H,8H2,1-2H3;3-8H,1-2H3;3-7H,2H2,1H3;2-6H,1H3/b3*6-5+;5-4+. The SMILES string of the molecule is CC(=O)/C=C/c1ccco1.CC(C)C(=O)/C=C/c1ccco1.CC(C)CC(=O)/C=C/c1ccco1.CCC(=O)/C=C/c1ccco1. The van der Waals surface area contributed by atoms with E-state index in [1.807, 2.05) is 46.8 Å². The summed E-state index contributed by atoms with van der Waals surface area (Å²) in [6.07, 6.45) is 20.3. The van der Waals surface area contributed by atoms with Gasteiger partial charge in [-0.15, -0.1) is 0 Å². The van der Waals surface area contributed by atoms with Crippen molar-refractivity contribution < 1.29 is 36.8 Å². The van der Waals surface area contributed by atoms with Crippen molar-refractivity contribution in [1.82, 2.24) is 0 Å². The van der Waals surface area contributed by atoms with Crippen LogP contribution in [0.15, 0.2) is 116 Å². The molecule has 4 heterocycles. The molecule has 4 aromatic heterocycles. The number of furan rings is 4. The zero-order chi connectivity index (χ0) is 34.2. The van der Waals surface area contributed by atoms with Crippen LogP contribution in [0.4, 0.5) is 0 Å². The van der Waals surface area contributed by atoms with Gasteiger partial charge in [-0.1, -0.05) is 34.6 Å². The van der Waals surface area contributed by atoms with Gasteiger partial charge in [-0.05, 0) is 110 Å². The Morgan fingerprint density at radius 2 is 0.957 bits per heavy atom. The van der Waals surface area contributed by atoms with Gasteiger partial charge in [-0.3, -0.25) is 19.2 Å². The molecule has 4 rings (SSSR count). The summed E-state index contributed by atoms with van der Waals surface area (Å²) < 4.78 is 20.0. The second-order valence-electron chi connectivity index (χ2n) is 10.4. The summed E-state index contributed by atoms with van der Waals surface area (Å²) in [5, 5.41) is 0. The number of ketones is 4. The number of rotatable bonds is 12. The average molecular weight is 629 g/mol. The minimum absolute atomic E-state index is 0.0244. The zero-order valence-electron chi connectivity index (χ0n) is 27.4. The Kier molecular flexibility index (Phi) is 19.5. The highest BCUT2D eigenvalue weighted by Gasteiger charge is 2.02. The molecule has 0 saturated carbocycles. The van der Waals surface area contributed by atoms with Crippen LogP contribution < -0.4 is 0 Å². The van der Waals surface area contributed by atoms with Crippen molar-refractivity contribution in [3.8, 4) is 0 Å². The Balaban J connectivity index is 0.000000308. The molecule has 0 unspecified atom stereocenters. The number of allylic oxidation sites excluding steroid dienone is 4. The molecule has 0 atom stereocenters. The van der Waals surface area contributed by atoms with E-state index in [2.05, 4.69) is 0 Å². The molecule has 0 fully saturated rings. The molecule has 0 bridgehead atoms. The van der Waals surface area contributed by atoms with E-state index < -0.39 is 0 Å². The van der Waals surface area contributed by atoms with Crippen molar-refractivity contribution in [3.05, 3.63) is 121 Å². The Morgan fingerprint density at radius 1 is 0.587 bits per heavy atom. The summed E-state index contributed by atoms with van der Waals surface area (Å²) in [7, 11) is 0. The number of carbonyl (C=O) groups is 4. The normalized spacial score (nSPS) is 11.0. The molecule has 8 nitrogen and oxygen atoms in total. The van der Waals surface area contributed by atoms with Gasteiger partial charge in [0.15, 0.2) is 23.1 Å². The second kappa shape index (κ2) is 23.2. The maximum atomic E-state index is 11.2. The molecule has 0 aliphatic heterocycles. The van der Waals surface area contributed by atoms with Gasteiger partial charge in [0.1, 0.15) is 23.0 Å². The summed E-state index contributed by atoms with van der Waals surface area (Å²) in [5.74, 6) is 3.71. The molecular weight excluding hydrogens is 584 g/mol. The fourth-order valence-corrected chi connectivity index (χ4v) is 3.04. The molecule has 0 spiro atoms. The van der Waals surface area contributed by atoms with Crippen LogP contribution >= 0.6 is 0 Å². The van der Waals surface area contributed by atoms with E-state index in [-0.39, 0.29) is 29.1 Å². The highest BCUT2D eigenvalue weighted by Crippen LogP contribution is 2.06. The van der Waals surface area contributed by atoms with Gasteiger partial charge in [-0.25, -0.2) is 0 Å². The lowest BCUT2D eigenvalue weighted by atomic mass is 10.1. The summed E-state index contributed by atoms with van der Waals surface area (Å²) in [4.78, 5) is 43.5. The van der Waals surface area contributed by atoms with Crippen LogP contribution in [0.2, 0.25) is 0 Å². The fraction of sp³-hybridized carbons (Fsp3) is 0.263. The van der Waals surface area contributed by atoms with Crippen LogP contribution in [0.1, 0.15) is 77.4 Å². The molecule has 0 saturated heterocycles. The molecule has 8 heteroatoms. The average Bonchev–Trinajstić information content (AvgIpc) is 3.86. The van der Waals surface area contributed by atoms with Crippen LogP contribution in [0, 0.1) is 11.8 Å².